The van der Waals surface area contributed by atoms with Crippen LogP contribution in [0, 0.1) is 0 Å². The van der Waals surface area contributed by atoms with E-state index in [0.29, 0.717) is 5.56 Å². The Morgan fingerprint density at radius 1 is 1.10 bits per heavy atom. The molecule has 1 aliphatic rings. The van der Waals surface area contributed by atoms with Crippen molar-refractivity contribution in [3.05, 3.63) is 70.9 Å². The molecule has 1 aliphatic carbocycles. The molecule has 0 fully saturated rings. The highest BCUT2D eigenvalue weighted by Crippen LogP contribution is 2.23. The SMILES string of the molecule is COC(=O)[C@@H](Cc1c[nH]c2ccccc12)NC(=O)COC(=O)c1ccc2c(c1)CCC2. The van der Waals surface area contributed by atoms with E-state index in [9.17, 15) is 14.4 Å². The molecule has 0 aliphatic heterocycles. The number of H-pyrrole nitrogens is 1. The minimum atomic E-state index is -0.893. The number of methoxy groups -OCH3 is 1. The Hall–Kier alpha value is -3.61. The summed E-state index contributed by atoms with van der Waals surface area (Å²) in [6.07, 6.45) is 5.12. The van der Waals surface area contributed by atoms with Gasteiger partial charge in [0.1, 0.15) is 6.04 Å². The molecule has 0 unspecified atom stereocenters. The molecule has 0 bridgehead atoms. The van der Waals surface area contributed by atoms with Gasteiger partial charge in [0.2, 0.25) is 0 Å². The van der Waals surface area contributed by atoms with Crippen molar-refractivity contribution in [1.82, 2.24) is 10.3 Å². The summed E-state index contributed by atoms with van der Waals surface area (Å²) in [5.41, 5.74) is 4.66. The first-order valence-corrected chi connectivity index (χ1v) is 10.3. The van der Waals surface area contributed by atoms with Crippen LogP contribution in [0.5, 0.6) is 0 Å². The monoisotopic (exact) mass is 420 g/mol. The number of rotatable bonds is 7. The largest absolute Gasteiger partial charge is 0.467 e. The first-order chi connectivity index (χ1) is 15.0. The Kier molecular flexibility index (Phi) is 6.02. The van der Waals surface area contributed by atoms with Crippen molar-refractivity contribution in [2.75, 3.05) is 13.7 Å². The van der Waals surface area contributed by atoms with Gasteiger partial charge in [0.25, 0.3) is 5.91 Å². The van der Waals surface area contributed by atoms with Crippen molar-refractivity contribution < 1.29 is 23.9 Å². The fraction of sp³-hybridized carbons (Fsp3) is 0.292. The number of aromatic nitrogens is 1. The normalized spacial score (nSPS) is 13.5. The topological polar surface area (TPSA) is 97.5 Å². The minimum absolute atomic E-state index is 0.251. The predicted molar refractivity (Wildman–Crippen MR) is 115 cm³/mol. The van der Waals surface area contributed by atoms with Crippen LogP contribution in [-0.4, -0.2) is 42.6 Å². The smallest absolute Gasteiger partial charge is 0.338 e. The van der Waals surface area contributed by atoms with Gasteiger partial charge in [0.15, 0.2) is 6.61 Å². The lowest BCUT2D eigenvalue weighted by Gasteiger charge is -2.16. The fourth-order valence-electron chi connectivity index (χ4n) is 4.01. The number of aryl methyl sites for hydroxylation is 2. The van der Waals surface area contributed by atoms with Gasteiger partial charge in [-0.1, -0.05) is 24.3 Å². The van der Waals surface area contributed by atoms with Gasteiger partial charge in [-0.2, -0.15) is 0 Å². The first kappa shape index (κ1) is 20.7. The van der Waals surface area contributed by atoms with Crippen molar-refractivity contribution in [3.8, 4) is 0 Å². The Labute approximate surface area is 179 Å². The number of ether oxygens (including phenoxy) is 2. The van der Waals surface area contributed by atoms with Crippen molar-refractivity contribution >= 4 is 28.7 Å². The van der Waals surface area contributed by atoms with Crippen LogP contribution in [0.3, 0.4) is 0 Å². The molecule has 0 radical (unpaired) electrons. The third-order valence-corrected chi connectivity index (χ3v) is 5.59. The van der Waals surface area contributed by atoms with E-state index < -0.39 is 30.5 Å². The highest BCUT2D eigenvalue weighted by molar-refractivity contribution is 5.92. The highest BCUT2D eigenvalue weighted by atomic mass is 16.5. The Balaban J connectivity index is 1.37. The van der Waals surface area contributed by atoms with E-state index in [2.05, 4.69) is 10.3 Å². The number of aromatic amines is 1. The maximum atomic E-state index is 12.4. The summed E-state index contributed by atoms with van der Waals surface area (Å²) in [6.45, 7) is -0.475. The van der Waals surface area contributed by atoms with E-state index in [1.54, 1.807) is 12.3 Å². The molecule has 0 spiro atoms. The quantitative estimate of drug-likeness (QED) is 0.573. The zero-order chi connectivity index (χ0) is 21.8. The molecule has 1 atom stereocenters. The number of fused-ring (bicyclic) bond motifs is 2. The third kappa shape index (κ3) is 4.60. The summed E-state index contributed by atoms with van der Waals surface area (Å²) in [5, 5.41) is 3.58. The summed E-state index contributed by atoms with van der Waals surface area (Å²) in [7, 11) is 1.27. The van der Waals surface area contributed by atoms with Gasteiger partial charge in [-0.05, 0) is 54.2 Å². The van der Waals surface area contributed by atoms with Crippen LogP contribution in [0.15, 0.2) is 48.7 Å². The third-order valence-electron chi connectivity index (χ3n) is 5.59. The van der Waals surface area contributed by atoms with Crippen LogP contribution in [0.25, 0.3) is 10.9 Å². The number of hydrogen-bond acceptors (Lipinski definition) is 5. The summed E-state index contributed by atoms with van der Waals surface area (Å²) in [6, 6.07) is 12.3. The number of amides is 1. The summed E-state index contributed by atoms with van der Waals surface area (Å²) < 4.78 is 10.0. The lowest BCUT2D eigenvalue weighted by molar-refractivity contribution is -0.145. The van der Waals surface area contributed by atoms with Crippen LogP contribution in [0.4, 0.5) is 0 Å². The number of carbonyl (C=O) groups is 3. The maximum Gasteiger partial charge on any atom is 0.338 e. The molecule has 7 nitrogen and oxygen atoms in total. The molecule has 2 N–H and O–H groups in total. The van der Waals surface area contributed by atoms with Gasteiger partial charge in [0, 0.05) is 23.5 Å². The molecule has 1 amide bonds. The first-order valence-electron chi connectivity index (χ1n) is 10.3. The molecule has 1 heterocycles. The molecule has 3 aromatic rings. The van der Waals surface area contributed by atoms with E-state index in [4.69, 9.17) is 9.47 Å². The number of nitrogens with one attached hydrogen (secondary N) is 2. The van der Waals surface area contributed by atoms with E-state index in [1.165, 1.54) is 12.7 Å². The number of benzene rings is 2. The standard InChI is InChI=1S/C24H24N2O5/c1-30-24(29)21(12-18-13-25-20-8-3-2-7-19(18)20)26-22(27)14-31-23(28)17-10-9-15-5-4-6-16(15)11-17/h2-3,7-11,13,21,25H,4-6,12,14H2,1H3,(H,26,27)/t21-/m1/s1. The van der Waals surface area contributed by atoms with Gasteiger partial charge in [0.05, 0.1) is 12.7 Å². The fourth-order valence-corrected chi connectivity index (χ4v) is 4.01. The van der Waals surface area contributed by atoms with Crippen molar-refractivity contribution in [2.24, 2.45) is 0 Å². The zero-order valence-electron chi connectivity index (χ0n) is 17.3. The van der Waals surface area contributed by atoms with E-state index in [1.807, 2.05) is 36.4 Å². The number of para-hydroxylation sites is 1. The van der Waals surface area contributed by atoms with Gasteiger partial charge in [-0.25, -0.2) is 9.59 Å². The molecule has 7 heteroatoms. The molecule has 0 saturated heterocycles. The lowest BCUT2D eigenvalue weighted by Crippen LogP contribution is -2.44. The second kappa shape index (κ2) is 9.04. The van der Waals surface area contributed by atoms with E-state index in [0.717, 1.165) is 41.3 Å². The van der Waals surface area contributed by atoms with Gasteiger partial charge >= 0.3 is 11.9 Å². The van der Waals surface area contributed by atoms with E-state index in [-0.39, 0.29) is 6.42 Å². The van der Waals surface area contributed by atoms with Gasteiger partial charge < -0.3 is 19.8 Å². The van der Waals surface area contributed by atoms with Gasteiger partial charge in [-0.3, -0.25) is 4.79 Å². The van der Waals surface area contributed by atoms with Crippen molar-refractivity contribution in [2.45, 2.75) is 31.7 Å². The molecule has 2 aromatic carbocycles. The average molecular weight is 420 g/mol. The number of hydrogen-bond donors (Lipinski definition) is 2. The minimum Gasteiger partial charge on any atom is -0.467 e. The molecule has 0 saturated carbocycles. The van der Waals surface area contributed by atoms with Crippen LogP contribution in [-0.2, 0) is 38.3 Å². The molecular formula is C24H24N2O5. The van der Waals surface area contributed by atoms with Crippen molar-refractivity contribution in [3.63, 3.8) is 0 Å². The Bertz CT molecular complexity index is 1130. The second-order valence-electron chi connectivity index (χ2n) is 7.62. The summed E-state index contributed by atoms with van der Waals surface area (Å²) in [4.78, 5) is 40.1. The number of esters is 2. The van der Waals surface area contributed by atoms with Crippen LogP contribution >= 0.6 is 0 Å². The predicted octanol–water partition coefficient (Wildman–Crippen LogP) is 2.71. The molecule has 4 rings (SSSR count). The van der Waals surface area contributed by atoms with Crippen LogP contribution in [0.2, 0.25) is 0 Å². The number of carbonyl (C=O) groups excluding carboxylic acids is 3. The Morgan fingerprint density at radius 2 is 1.90 bits per heavy atom. The maximum absolute atomic E-state index is 12.4. The summed E-state index contributed by atoms with van der Waals surface area (Å²) in [5.74, 6) is -1.69. The van der Waals surface area contributed by atoms with Crippen LogP contribution < -0.4 is 5.32 Å². The molecule has 1 aromatic heterocycles. The van der Waals surface area contributed by atoms with Gasteiger partial charge in [-0.15, -0.1) is 0 Å². The Morgan fingerprint density at radius 3 is 2.74 bits per heavy atom. The lowest BCUT2D eigenvalue weighted by atomic mass is 10.0. The molecule has 160 valence electrons. The molecule has 31 heavy (non-hydrogen) atoms. The zero-order valence-corrected chi connectivity index (χ0v) is 17.3. The summed E-state index contributed by atoms with van der Waals surface area (Å²) >= 11 is 0. The van der Waals surface area contributed by atoms with Crippen LogP contribution in [0.1, 0.15) is 33.5 Å². The average Bonchev–Trinajstić information content (AvgIpc) is 3.43. The van der Waals surface area contributed by atoms with E-state index >= 15 is 0 Å². The van der Waals surface area contributed by atoms with Crippen molar-refractivity contribution in [1.29, 1.82) is 0 Å². The highest BCUT2D eigenvalue weighted by Gasteiger charge is 2.24. The molecular weight excluding hydrogens is 396 g/mol. The second-order valence-corrected chi connectivity index (χ2v) is 7.62.